The molecule has 1 aliphatic heterocycles. The van der Waals surface area contributed by atoms with Gasteiger partial charge in [0, 0.05) is 30.5 Å². The van der Waals surface area contributed by atoms with Crippen molar-refractivity contribution < 1.29 is 19.0 Å². The van der Waals surface area contributed by atoms with Crippen LogP contribution in [0.1, 0.15) is 37.2 Å². The van der Waals surface area contributed by atoms with Crippen LogP contribution in [0.15, 0.2) is 54.6 Å². The van der Waals surface area contributed by atoms with Gasteiger partial charge in [-0.15, -0.1) is 0 Å². The number of nitrogens with zero attached hydrogens (tertiary/aromatic N) is 1. The quantitative estimate of drug-likeness (QED) is 0.603. The molecule has 6 heteroatoms. The molecule has 0 spiro atoms. The third kappa shape index (κ3) is 5.83. The summed E-state index contributed by atoms with van der Waals surface area (Å²) in [5, 5.41) is 12.7. The maximum Gasteiger partial charge on any atom is 0.304 e. The molecule has 2 N–H and O–H groups in total. The summed E-state index contributed by atoms with van der Waals surface area (Å²) < 4.78 is 20.0. The van der Waals surface area contributed by atoms with E-state index in [1.165, 1.54) is 11.6 Å². The van der Waals surface area contributed by atoms with Crippen LogP contribution < -0.4 is 10.1 Å². The lowest BCUT2D eigenvalue weighted by Gasteiger charge is -2.41. The highest BCUT2D eigenvalue weighted by Gasteiger charge is 2.41. The standard InChI is InChI=1S/C25H31FN2O3/c26-21-8-4-5-9-23(21)31-18-25(11-14-28(15-12-25)13-10-24(29)30)17-27-22-16-20(22)19-6-2-1-3-7-19/h1-9,20,22,27H,10-18H2,(H,29,30)/t20?,22-/m1/s1. The summed E-state index contributed by atoms with van der Waals surface area (Å²) in [5.41, 5.74) is 1.28. The van der Waals surface area contributed by atoms with Gasteiger partial charge in [0.15, 0.2) is 11.6 Å². The van der Waals surface area contributed by atoms with Crippen molar-refractivity contribution in [3.63, 3.8) is 0 Å². The molecule has 0 aromatic heterocycles. The molecule has 4 rings (SSSR count). The molecule has 1 saturated carbocycles. The SMILES string of the molecule is O=C(O)CCN1CCC(CN[C@@H]2CC2c2ccccc2)(COc2ccccc2F)CC1. The van der Waals surface area contributed by atoms with Crippen LogP contribution in [0.2, 0.25) is 0 Å². The lowest BCUT2D eigenvalue weighted by molar-refractivity contribution is -0.137. The number of likely N-dealkylation sites (tertiary alicyclic amines) is 1. The Morgan fingerprint density at radius 3 is 2.55 bits per heavy atom. The molecule has 1 unspecified atom stereocenters. The van der Waals surface area contributed by atoms with E-state index in [0.717, 1.165) is 38.9 Å². The first-order chi connectivity index (χ1) is 15.0. The Morgan fingerprint density at radius 1 is 1.13 bits per heavy atom. The van der Waals surface area contributed by atoms with Gasteiger partial charge in [-0.1, -0.05) is 42.5 Å². The molecule has 5 nitrogen and oxygen atoms in total. The molecular formula is C25H31FN2O3. The van der Waals surface area contributed by atoms with E-state index in [4.69, 9.17) is 9.84 Å². The number of hydrogen-bond donors (Lipinski definition) is 2. The number of piperidine rings is 1. The average Bonchev–Trinajstić information content (AvgIpc) is 3.57. The van der Waals surface area contributed by atoms with E-state index in [2.05, 4.69) is 34.5 Å². The first-order valence-electron chi connectivity index (χ1n) is 11.1. The van der Waals surface area contributed by atoms with Crippen LogP contribution in [-0.4, -0.2) is 54.8 Å². The fourth-order valence-corrected chi connectivity index (χ4v) is 4.51. The molecular weight excluding hydrogens is 395 g/mol. The maximum atomic E-state index is 14.1. The minimum atomic E-state index is -0.762. The summed E-state index contributed by atoms with van der Waals surface area (Å²) in [7, 11) is 0. The van der Waals surface area contributed by atoms with Crippen LogP contribution in [0.4, 0.5) is 4.39 Å². The topological polar surface area (TPSA) is 61.8 Å². The Balaban J connectivity index is 1.36. The zero-order valence-corrected chi connectivity index (χ0v) is 17.8. The van der Waals surface area contributed by atoms with E-state index >= 15 is 0 Å². The molecule has 0 amide bonds. The lowest BCUT2D eigenvalue weighted by atomic mass is 9.78. The number of rotatable bonds is 10. The van der Waals surface area contributed by atoms with Gasteiger partial charge in [0.2, 0.25) is 0 Å². The number of halogens is 1. The summed E-state index contributed by atoms with van der Waals surface area (Å²) >= 11 is 0. The fraction of sp³-hybridized carbons (Fsp3) is 0.480. The van der Waals surface area contributed by atoms with Crippen molar-refractivity contribution in [1.82, 2.24) is 10.2 Å². The number of carboxylic acids is 1. The number of aliphatic carboxylic acids is 1. The Hall–Kier alpha value is -2.44. The molecule has 2 aromatic rings. The molecule has 2 atom stereocenters. The van der Waals surface area contributed by atoms with Crippen molar-refractivity contribution in [3.05, 3.63) is 66.0 Å². The first kappa shape index (κ1) is 21.8. The van der Waals surface area contributed by atoms with Crippen LogP contribution in [0, 0.1) is 11.2 Å². The number of carbonyl (C=O) groups is 1. The van der Waals surface area contributed by atoms with Gasteiger partial charge in [-0.05, 0) is 50.0 Å². The highest BCUT2D eigenvalue weighted by Crippen LogP contribution is 2.42. The predicted octanol–water partition coefficient (Wildman–Crippen LogP) is 3.91. The van der Waals surface area contributed by atoms with Crippen LogP contribution in [0.25, 0.3) is 0 Å². The Labute approximate surface area is 183 Å². The molecule has 31 heavy (non-hydrogen) atoms. The van der Waals surface area contributed by atoms with Crippen LogP contribution in [-0.2, 0) is 4.79 Å². The van der Waals surface area contributed by atoms with Crippen molar-refractivity contribution >= 4 is 5.97 Å². The second kappa shape index (κ2) is 9.79. The van der Waals surface area contributed by atoms with Gasteiger partial charge in [0.05, 0.1) is 13.0 Å². The van der Waals surface area contributed by atoms with E-state index < -0.39 is 5.97 Å². The summed E-state index contributed by atoms with van der Waals surface area (Å²) in [6.07, 6.45) is 3.10. The van der Waals surface area contributed by atoms with Gasteiger partial charge in [-0.25, -0.2) is 4.39 Å². The number of hydrogen-bond acceptors (Lipinski definition) is 4. The normalized spacial score (nSPS) is 22.7. The molecule has 2 aromatic carbocycles. The van der Waals surface area contributed by atoms with Crippen molar-refractivity contribution in [2.45, 2.75) is 37.6 Å². The maximum absolute atomic E-state index is 14.1. The van der Waals surface area contributed by atoms with Crippen molar-refractivity contribution in [2.75, 3.05) is 32.8 Å². The van der Waals surface area contributed by atoms with Crippen molar-refractivity contribution in [3.8, 4) is 5.75 Å². The van der Waals surface area contributed by atoms with E-state index in [0.29, 0.717) is 30.9 Å². The molecule has 166 valence electrons. The minimum Gasteiger partial charge on any atom is -0.490 e. The van der Waals surface area contributed by atoms with Gasteiger partial charge in [-0.2, -0.15) is 0 Å². The van der Waals surface area contributed by atoms with E-state index in [-0.39, 0.29) is 17.7 Å². The second-order valence-electron chi connectivity index (χ2n) is 8.94. The molecule has 2 aliphatic rings. The van der Waals surface area contributed by atoms with Crippen LogP contribution >= 0.6 is 0 Å². The minimum absolute atomic E-state index is 0.0914. The highest BCUT2D eigenvalue weighted by atomic mass is 19.1. The largest absolute Gasteiger partial charge is 0.490 e. The number of nitrogens with one attached hydrogen (secondary N) is 1. The van der Waals surface area contributed by atoms with E-state index in [1.807, 2.05) is 6.07 Å². The Kier molecular flexibility index (Phi) is 6.88. The van der Waals surface area contributed by atoms with Gasteiger partial charge >= 0.3 is 5.97 Å². The second-order valence-corrected chi connectivity index (χ2v) is 8.94. The molecule has 1 aliphatic carbocycles. The van der Waals surface area contributed by atoms with Gasteiger partial charge in [0.1, 0.15) is 0 Å². The average molecular weight is 427 g/mol. The van der Waals surface area contributed by atoms with Gasteiger partial charge in [-0.3, -0.25) is 4.79 Å². The van der Waals surface area contributed by atoms with E-state index in [1.54, 1.807) is 18.2 Å². The molecule has 0 radical (unpaired) electrons. The molecule has 2 fully saturated rings. The highest BCUT2D eigenvalue weighted by molar-refractivity contribution is 5.66. The van der Waals surface area contributed by atoms with Crippen molar-refractivity contribution in [1.29, 1.82) is 0 Å². The third-order valence-corrected chi connectivity index (χ3v) is 6.69. The third-order valence-electron chi connectivity index (χ3n) is 6.69. The first-order valence-corrected chi connectivity index (χ1v) is 11.1. The fourth-order valence-electron chi connectivity index (χ4n) is 4.51. The summed E-state index contributed by atoms with van der Waals surface area (Å²) in [5.74, 6) is -0.247. The Morgan fingerprint density at radius 2 is 1.84 bits per heavy atom. The number of benzene rings is 2. The molecule has 1 heterocycles. The number of para-hydroxylation sites is 1. The lowest BCUT2D eigenvalue weighted by Crippen LogP contribution is -2.49. The zero-order chi connectivity index (χ0) is 21.7. The summed E-state index contributed by atoms with van der Waals surface area (Å²) in [6, 6.07) is 17.6. The smallest absolute Gasteiger partial charge is 0.304 e. The van der Waals surface area contributed by atoms with E-state index in [9.17, 15) is 9.18 Å². The van der Waals surface area contributed by atoms with Gasteiger partial charge < -0.3 is 20.1 Å². The van der Waals surface area contributed by atoms with Crippen LogP contribution in [0.3, 0.4) is 0 Å². The Bertz CT molecular complexity index is 868. The summed E-state index contributed by atoms with van der Waals surface area (Å²) in [6.45, 7) is 3.52. The van der Waals surface area contributed by atoms with Crippen LogP contribution in [0.5, 0.6) is 5.75 Å². The van der Waals surface area contributed by atoms with Gasteiger partial charge in [0.25, 0.3) is 0 Å². The number of ether oxygens (including phenoxy) is 1. The van der Waals surface area contributed by atoms with Crippen molar-refractivity contribution in [2.24, 2.45) is 5.41 Å². The number of carboxylic acid groups (broad SMARTS) is 1. The monoisotopic (exact) mass is 426 g/mol. The summed E-state index contributed by atoms with van der Waals surface area (Å²) in [4.78, 5) is 13.1. The predicted molar refractivity (Wildman–Crippen MR) is 118 cm³/mol. The zero-order valence-electron chi connectivity index (χ0n) is 17.8. The molecule has 0 bridgehead atoms. The molecule has 1 saturated heterocycles.